The second-order valence-corrected chi connectivity index (χ2v) is 9.11. The van der Waals surface area contributed by atoms with Gasteiger partial charge >= 0.3 is 13.7 Å². The second-order valence-electron chi connectivity index (χ2n) is 7.42. The van der Waals surface area contributed by atoms with Crippen molar-refractivity contribution in [2.24, 2.45) is 0 Å². The van der Waals surface area contributed by atoms with E-state index in [1.54, 1.807) is 56.4 Å². The first-order valence-electron chi connectivity index (χ1n) is 10.6. The van der Waals surface area contributed by atoms with Crippen molar-refractivity contribution in [3.63, 3.8) is 0 Å². The number of ether oxygens (including phenoxy) is 1. The summed E-state index contributed by atoms with van der Waals surface area (Å²) < 4.78 is 31.2. The molecule has 0 aliphatic heterocycles. The third-order valence-electron chi connectivity index (χ3n) is 4.11. The summed E-state index contributed by atoms with van der Waals surface area (Å²) in [5, 5.41) is 14.3. The van der Waals surface area contributed by atoms with E-state index in [0.29, 0.717) is 0 Å². The molecule has 1 amide bonds. The van der Waals surface area contributed by atoms with Crippen LogP contribution in [0.25, 0.3) is 0 Å². The summed E-state index contributed by atoms with van der Waals surface area (Å²) in [4.78, 5) is 38.8. The van der Waals surface area contributed by atoms with Crippen LogP contribution in [0.3, 0.4) is 0 Å². The molecule has 0 radical (unpaired) electrons. The number of hydrogen-bond donors (Lipinski definition) is 2. The number of para-hydroxylation sites is 1. The summed E-state index contributed by atoms with van der Waals surface area (Å²) in [6.45, 7) is 4.19. The summed E-state index contributed by atoms with van der Waals surface area (Å²) >= 11 is 0. The van der Waals surface area contributed by atoms with Gasteiger partial charge in [-0.2, -0.15) is 9.65 Å². The first-order chi connectivity index (χ1) is 16.6. The van der Waals surface area contributed by atoms with Crippen LogP contribution in [0.2, 0.25) is 0 Å². The minimum Gasteiger partial charge on any atom is -0.462 e. The van der Waals surface area contributed by atoms with E-state index < -0.39 is 30.8 Å². The predicted molar refractivity (Wildman–Crippen MR) is 122 cm³/mol. The highest BCUT2D eigenvalue weighted by Crippen LogP contribution is 2.44. The van der Waals surface area contributed by atoms with Gasteiger partial charge in [-0.3, -0.25) is 9.59 Å². The Kier molecular flexibility index (Phi) is 10.6. The van der Waals surface area contributed by atoms with Gasteiger partial charge in [0.15, 0.2) is 12.4 Å². The van der Waals surface area contributed by atoms with E-state index in [9.17, 15) is 24.3 Å². The highest BCUT2D eigenvalue weighted by Gasteiger charge is 2.34. The SMILES string of the molecule is CC(C)OC(=O)C(C)NP(=O)(OC[n+]1cccc(C(=O)NCCO[N+](=O)[O-])c1)Oc1ccccc1. The number of nitrogens with zero attached hydrogens (tertiary/aromatic N) is 2. The van der Waals surface area contributed by atoms with Crippen molar-refractivity contribution in [1.29, 1.82) is 0 Å². The highest BCUT2D eigenvalue weighted by atomic mass is 31.2. The molecule has 0 spiro atoms. The number of hydrogen-bond acceptors (Lipinski definition) is 9. The first kappa shape index (κ1) is 27.7. The van der Waals surface area contributed by atoms with Crippen LogP contribution in [0.15, 0.2) is 54.9 Å². The Morgan fingerprint density at radius 2 is 1.86 bits per heavy atom. The molecule has 2 atom stereocenters. The molecule has 2 aromatic rings. The Morgan fingerprint density at radius 3 is 2.51 bits per heavy atom. The van der Waals surface area contributed by atoms with Crippen LogP contribution in [0.5, 0.6) is 5.75 Å². The van der Waals surface area contributed by atoms with Crippen molar-refractivity contribution >= 4 is 19.6 Å². The normalized spacial score (nSPS) is 13.4. The molecular weight excluding hydrogens is 483 g/mol. The molecule has 0 aliphatic rings. The van der Waals surface area contributed by atoms with E-state index in [4.69, 9.17) is 13.8 Å². The number of pyridine rings is 1. The Morgan fingerprint density at radius 1 is 1.14 bits per heavy atom. The average Bonchev–Trinajstić information content (AvgIpc) is 2.80. The molecule has 14 heteroatoms. The van der Waals surface area contributed by atoms with Gasteiger partial charge in [0, 0.05) is 12.6 Å². The highest BCUT2D eigenvalue weighted by molar-refractivity contribution is 7.52. The lowest BCUT2D eigenvalue weighted by atomic mass is 10.2. The van der Waals surface area contributed by atoms with Gasteiger partial charge in [-0.1, -0.05) is 18.2 Å². The molecule has 2 unspecified atom stereocenters. The van der Waals surface area contributed by atoms with Crippen LogP contribution in [0.1, 0.15) is 31.1 Å². The number of nitrogens with one attached hydrogen (secondary N) is 2. The standard InChI is InChI=1S/C21H27N4O9P/c1-16(2)33-21(27)17(3)23-35(30,34-19-9-5-4-6-10-19)32-15-24-12-7-8-18(14-24)20(26)22-11-13-31-25(28)29/h4-10,12,14,16-17H,11,13,15H2,1-3H3,(H-,22,23,26,30)/p+1. The smallest absolute Gasteiger partial charge is 0.462 e. The van der Waals surface area contributed by atoms with E-state index in [1.165, 1.54) is 23.8 Å². The van der Waals surface area contributed by atoms with Crippen LogP contribution in [0, 0.1) is 10.1 Å². The van der Waals surface area contributed by atoms with Gasteiger partial charge in [0.25, 0.3) is 17.7 Å². The van der Waals surface area contributed by atoms with Crippen molar-refractivity contribution in [3.8, 4) is 5.75 Å². The third-order valence-corrected chi connectivity index (χ3v) is 5.72. The quantitative estimate of drug-likeness (QED) is 0.0959. The van der Waals surface area contributed by atoms with Crippen LogP contribution >= 0.6 is 7.75 Å². The number of esters is 1. The lowest BCUT2D eigenvalue weighted by Crippen LogP contribution is -2.40. The average molecular weight is 511 g/mol. The van der Waals surface area contributed by atoms with E-state index in [2.05, 4.69) is 15.2 Å². The molecular formula is C21H28N4O9P+. The molecule has 0 bridgehead atoms. The zero-order valence-electron chi connectivity index (χ0n) is 19.5. The maximum absolute atomic E-state index is 13.5. The van der Waals surface area contributed by atoms with Crippen LogP contribution in [-0.4, -0.2) is 42.3 Å². The molecule has 0 saturated carbocycles. The Balaban J connectivity index is 2.09. The lowest BCUT2D eigenvalue weighted by Gasteiger charge is -2.22. The van der Waals surface area contributed by atoms with Gasteiger partial charge in [-0.15, -0.1) is 10.1 Å². The van der Waals surface area contributed by atoms with Gasteiger partial charge in [0.2, 0.25) is 0 Å². The van der Waals surface area contributed by atoms with E-state index >= 15 is 0 Å². The monoisotopic (exact) mass is 511 g/mol. The van der Waals surface area contributed by atoms with Crippen molar-refractivity contribution in [2.45, 2.75) is 39.6 Å². The number of aromatic nitrogens is 1. The fourth-order valence-corrected chi connectivity index (χ4v) is 4.04. The van der Waals surface area contributed by atoms with Crippen LogP contribution in [-0.2, 0) is 30.2 Å². The molecule has 1 aromatic carbocycles. The van der Waals surface area contributed by atoms with Gasteiger partial charge in [-0.25, -0.2) is 9.09 Å². The minimum absolute atomic E-state index is 0.0698. The molecule has 0 saturated heterocycles. The van der Waals surface area contributed by atoms with Gasteiger partial charge < -0.3 is 19.4 Å². The molecule has 190 valence electrons. The topological polar surface area (TPSA) is 159 Å². The predicted octanol–water partition coefficient (Wildman–Crippen LogP) is 2.00. The van der Waals surface area contributed by atoms with Gasteiger partial charge in [0.1, 0.15) is 24.0 Å². The Labute approximate surface area is 202 Å². The zero-order valence-corrected chi connectivity index (χ0v) is 20.4. The molecule has 13 nitrogen and oxygen atoms in total. The molecule has 0 aliphatic carbocycles. The van der Waals surface area contributed by atoms with Crippen LogP contribution < -0.4 is 19.5 Å². The van der Waals surface area contributed by atoms with Crippen molar-refractivity contribution < 1.29 is 42.4 Å². The summed E-state index contributed by atoms with van der Waals surface area (Å²) in [6.07, 6.45) is 2.63. The fraction of sp³-hybridized carbons (Fsp3) is 0.381. The van der Waals surface area contributed by atoms with E-state index in [-0.39, 0.29) is 37.3 Å². The number of rotatable bonds is 14. The van der Waals surface area contributed by atoms with Crippen molar-refractivity contribution in [3.05, 3.63) is 70.5 Å². The maximum Gasteiger partial charge on any atom is 0.464 e. The summed E-state index contributed by atoms with van der Waals surface area (Å²) in [7, 11) is -4.08. The summed E-state index contributed by atoms with van der Waals surface area (Å²) in [5.41, 5.74) is 0.220. The molecule has 2 N–H and O–H groups in total. The molecule has 1 heterocycles. The molecule has 2 rings (SSSR count). The van der Waals surface area contributed by atoms with Gasteiger partial charge in [0.05, 0.1) is 6.10 Å². The third kappa shape index (κ3) is 10.1. The van der Waals surface area contributed by atoms with Gasteiger partial charge in [-0.05, 0) is 39.0 Å². The second kappa shape index (κ2) is 13.4. The Hall–Kier alpha value is -3.54. The molecule has 0 fully saturated rings. The van der Waals surface area contributed by atoms with E-state index in [0.717, 1.165) is 0 Å². The maximum atomic E-state index is 13.5. The summed E-state index contributed by atoms with van der Waals surface area (Å²) in [6, 6.07) is 10.4. The number of carbonyl (C=O) groups is 2. The number of amides is 1. The van der Waals surface area contributed by atoms with Crippen LogP contribution in [0.4, 0.5) is 0 Å². The number of carbonyl (C=O) groups excluding carboxylic acids is 2. The largest absolute Gasteiger partial charge is 0.464 e. The summed E-state index contributed by atoms with van der Waals surface area (Å²) in [5.74, 6) is -0.881. The zero-order chi connectivity index (χ0) is 25.8. The van der Waals surface area contributed by atoms with Crippen molar-refractivity contribution in [1.82, 2.24) is 10.4 Å². The number of benzene rings is 1. The Bertz CT molecular complexity index is 1050. The van der Waals surface area contributed by atoms with Crippen molar-refractivity contribution in [2.75, 3.05) is 13.2 Å². The first-order valence-corrected chi connectivity index (χ1v) is 12.1. The lowest BCUT2D eigenvalue weighted by molar-refractivity contribution is -0.757. The van der Waals surface area contributed by atoms with E-state index in [1.807, 2.05) is 0 Å². The molecule has 35 heavy (non-hydrogen) atoms. The molecule has 1 aromatic heterocycles. The minimum atomic E-state index is -4.08. The fourth-order valence-electron chi connectivity index (χ4n) is 2.60.